The van der Waals surface area contributed by atoms with E-state index < -0.39 is 36.8 Å². The van der Waals surface area contributed by atoms with E-state index in [1.807, 2.05) is 30.3 Å². The molecular formula is C30H24F3N3O4. The average Bonchev–Trinajstić information content (AvgIpc) is 2.96. The number of hydrazone groups is 1. The van der Waals surface area contributed by atoms with Gasteiger partial charge in [-0.2, -0.15) is 23.3 Å². The third-order valence-electron chi connectivity index (χ3n) is 5.41. The van der Waals surface area contributed by atoms with E-state index in [0.717, 1.165) is 34.6 Å². The molecular weight excluding hydrogens is 523 g/mol. The number of esters is 1. The maximum atomic E-state index is 13.3. The van der Waals surface area contributed by atoms with Gasteiger partial charge < -0.3 is 14.8 Å². The first-order chi connectivity index (χ1) is 19.3. The number of hydrogen-bond donors (Lipinski definition) is 1. The van der Waals surface area contributed by atoms with Crippen molar-refractivity contribution >= 4 is 35.2 Å². The van der Waals surface area contributed by atoms with Crippen molar-refractivity contribution < 1.29 is 32.2 Å². The molecule has 0 saturated heterocycles. The summed E-state index contributed by atoms with van der Waals surface area (Å²) < 4.78 is 50.2. The summed E-state index contributed by atoms with van der Waals surface area (Å²) in [5.74, 6) is -1.29. The van der Waals surface area contributed by atoms with E-state index in [1.54, 1.807) is 54.6 Å². The van der Waals surface area contributed by atoms with Gasteiger partial charge in [0.1, 0.15) is 5.75 Å². The van der Waals surface area contributed by atoms with Gasteiger partial charge in [-0.05, 0) is 60.2 Å². The Labute approximate surface area is 228 Å². The summed E-state index contributed by atoms with van der Waals surface area (Å²) in [6.45, 7) is -1.24. The summed E-state index contributed by atoms with van der Waals surface area (Å²) in [7, 11) is 0. The smallest absolute Gasteiger partial charge is 0.416 e. The van der Waals surface area contributed by atoms with Gasteiger partial charge in [0, 0.05) is 11.4 Å². The highest BCUT2D eigenvalue weighted by Crippen LogP contribution is 2.32. The van der Waals surface area contributed by atoms with Gasteiger partial charge in [0.25, 0.3) is 5.91 Å². The van der Waals surface area contributed by atoms with Crippen molar-refractivity contribution in [3.8, 4) is 5.75 Å². The topological polar surface area (TPSA) is 80.2 Å². The maximum absolute atomic E-state index is 13.3. The first kappa shape index (κ1) is 27.9. The number of amides is 1. The van der Waals surface area contributed by atoms with Crippen LogP contribution < -0.4 is 15.1 Å². The van der Waals surface area contributed by atoms with Crippen LogP contribution in [0.15, 0.2) is 114 Å². The van der Waals surface area contributed by atoms with Crippen LogP contribution in [0.25, 0.3) is 0 Å². The number of carbonyl (C=O) groups is 2. The van der Waals surface area contributed by atoms with E-state index in [2.05, 4.69) is 10.4 Å². The Kier molecular flexibility index (Phi) is 9.14. The lowest BCUT2D eigenvalue weighted by atomic mass is 10.2. The monoisotopic (exact) mass is 547 g/mol. The highest BCUT2D eigenvalue weighted by Gasteiger charge is 2.31. The van der Waals surface area contributed by atoms with Crippen LogP contribution in [-0.4, -0.2) is 31.3 Å². The van der Waals surface area contributed by atoms with Crippen molar-refractivity contribution in [1.29, 1.82) is 0 Å². The second kappa shape index (κ2) is 13.1. The number of anilines is 3. The molecule has 4 rings (SSSR count). The molecule has 0 aliphatic carbocycles. The number of nitrogens with one attached hydrogen (secondary N) is 1. The number of halogens is 3. The fourth-order valence-corrected chi connectivity index (χ4v) is 3.46. The molecule has 0 aliphatic rings. The van der Waals surface area contributed by atoms with Crippen LogP contribution in [0, 0.1) is 0 Å². The molecule has 0 bridgehead atoms. The second-order valence-corrected chi connectivity index (χ2v) is 8.37. The van der Waals surface area contributed by atoms with Crippen LogP contribution in [0.2, 0.25) is 0 Å². The lowest BCUT2D eigenvalue weighted by molar-refractivity contribution is -0.149. The molecule has 4 aromatic carbocycles. The van der Waals surface area contributed by atoms with Crippen molar-refractivity contribution in [2.45, 2.75) is 6.18 Å². The normalized spacial score (nSPS) is 11.2. The molecule has 0 heterocycles. The number of ether oxygens (including phenoxy) is 2. The molecule has 7 nitrogen and oxygen atoms in total. The van der Waals surface area contributed by atoms with Crippen LogP contribution in [0.4, 0.5) is 30.2 Å². The minimum Gasteiger partial charge on any atom is -0.482 e. The summed E-state index contributed by atoms with van der Waals surface area (Å²) in [5.41, 5.74) is 1.26. The maximum Gasteiger partial charge on any atom is 0.416 e. The van der Waals surface area contributed by atoms with Gasteiger partial charge in [0.05, 0.1) is 17.5 Å². The predicted octanol–water partition coefficient (Wildman–Crippen LogP) is 6.44. The first-order valence-electron chi connectivity index (χ1n) is 12.1. The molecule has 204 valence electrons. The van der Waals surface area contributed by atoms with Gasteiger partial charge in [-0.1, -0.05) is 54.6 Å². The number of para-hydroxylation sites is 1. The minimum absolute atomic E-state index is 0.136. The molecule has 10 heteroatoms. The molecule has 4 aromatic rings. The highest BCUT2D eigenvalue weighted by atomic mass is 19.4. The number of nitrogens with zero attached hydrogens (tertiary/aromatic N) is 2. The zero-order chi connectivity index (χ0) is 28.4. The zero-order valence-electron chi connectivity index (χ0n) is 21.0. The van der Waals surface area contributed by atoms with Crippen molar-refractivity contribution in [1.82, 2.24) is 0 Å². The highest BCUT2D eigenvalue weighted by molar-refractivity contribution is 5.96. The number of carbonyl (C=O) groups excluding carboxylic acids is 2. The fraction of sp³-hybridized carbons (Fsp3) is 0.100. The Morgan fingerprint density at radius 1 is 0.800 bits per heavy atom. The number of rotatable bonds is 10. The van der Waals surface area contributed by atoms with Crippen molar-refractivity contribution in [3.05, 3.63) is 120 Å². The van der Waals surface area contributed by atoms with Gasteiger partial charge in [0.15, 0.2) is 13.2 Å². The van der Waals surface area contributed by atoms with Crippen molar-refractivity contribution in [2.24, 2.45) is 5.10 Å². The van der Waals surface area contributed by atoms with E-state index in [9.17, 15) is 22.8 Å². The molecule has 0 fully saturated rings. The quantitative estimate of drug-likeness (QED) is 0.140. The molecule has 0 aliphatic heterocycles. The van der Waals surface area contributed by atoms with Crippen molar-refractivity contribution in [3.63, 3.8) is 0 Å². The lowest BCUT2D eigenvalue weighted by Crippen LogP contribution is -2.31. The number of alkyl halides is 3. The Hall–Kier alpha value is -5.12. The summed E-state index contributed by atoms with van der Waals surface area (Å²) >= 11 is 0. The Balaban J connectivity index is 1.36. The van der Waals surface area contributed by atoms with Crippen LogP contribution in [0.5, 0.6) is 5.75 Å². The number of benzene rings is 4. The van der Waals surface area contributed by atoms with Gasteiger partial charge in [-0.15, -0.1) is 0 Å². The standard InChI is InChI=1S/C30H24F3N3O4/c31-30(32,33)23-10-7-13-26(18-23)36(34-19-22-8-3-1-4-9-22)28(37)20-40-29(38)21-39-27-16-14-25(15-17-27)35-24-11-5-2-6-12-24/h1-19,35H,20-21H2/b34-19-. The molecule has 1 amide bonds. The van der Waals surface area contributed by atoms with Gasteiger partial charge in [-0.3, -0.25) is 4.79 Å². The van der Waals surface area contributed by atoms with E-state index in [0.29, 0.717) is 11.3 Å². The van der Waals surface area contributed by atoms with Crippen LogP contribution in [0.3, 0.4) is 0 Å². The van der Waals surface area contributed by atoms with Gasteiger partial charge in [0.2, 0.25) is 0 Å². The van der Waals surface area contributed by atoms with Gasteiger partial charge >= 0.3 is 12.1 Å². The summed E-state index contributed by atoms with van der Waals surface area (Å²) in [6.07, 6.45) is -3.30. The van der Waals surface area contributed by atoms with Crippen LogP contribution in [0.1, 0.15) is 11.1 Å². The van der Waals surface area contributed by atoms with E-state index in [4.69, 9.17) is 9.47 Å². The third-order valence-corrected chi connectivity index (χ3v) is 5.41. The summed E-state index contributed by atoms with van der Waals surface area (Å²) in [6, 6.07) is 29.3. The Morgan fingerprint density at radius 3 is 2.12 bits per heavy atom. The minimum atomic E-state index is -4.62. The second-order valence-electron chi connectivity index (χ2n) is 8.37. The van der Waals surface area contributed by atoms with E-state index >= 15 is 0 Å². The number of hydrogen-bond acceptors (Lipinski definition) is 6. The largest absolute Gasteiger partial charge is 0.482 e. The van der Waals surface area contributed by atoms with Crippen LogP contribution in [-0.2, 0) is 20.5 Å². The summed E-state index contributed by atoms with van der Waals surface area (Å²) in [5, 5.41) is 8.04. The molecule has 0 radical (unpaired) electrons. The molecule has 40 heavy (non-hydrogen) atoms. The van der Waals surface area contributed by atoms with Crippen molar-refractivity contribution in [2.75, 3.05) is 23.5 Å². The predicted molar refractivity (Wildman–Crippen MR) is 146 cm³/mol. The molecule has 0 unspecified atom stereocenters. The Morgan fingerprint density at radius 2 is 1.45 bits per heavy atom. The van der Waals surface area contributed by atoms with Gasteiger partial charge in [-0.25, -0.2) is 4.79 Å². The molecule has 0 aromatic heterocycles. The zero-order valence-corrected chi connectivity index (χ0v) is 21.0. The van der Waals surface area contributed by atoms with E-state index in [-0.39, 0.29) is 5.69 Å². The van der Waals surface area contributed by atoms with E-state index in [1.165, 1.54) is 12.3 Å². The fourth-order valence-electron chi connectivity index (χ4n) is 3.46. The SMILES string of the molecule is O=C(COc1ccc(Nc2ccccc2)cc1)OCC(=O)N(/N=C\c1ccccc1)c1cccc(C(F)(F)F)c1. The summed E-state index contributed by atoms with van der Waals surface area (Å²) in [4.78, 5) is 25.1. The molecule has 1 N–H and O–H groups in total. The average molecular weight is 548 g/mol. The molecule has 0 spiro atoms. The molecule has 0 saturated carbocycles. The molecule has 0 atom stereocenters. The first-order valence-corrected chi connectivity index (χ1v) is 12.1. The van der Waals surface area contributed by atoms with Crippen LogP contribution >= 0.6 is 0 Å². The third kappa shape index (κ3) is 8.19. The lowest BCUT2D eigenvalue weighted by Gasteiger charge is -2.18. The Bertz CT molecular complexity index is 1440.